The zero-order valence-corrected chi connectivity index (χ0v) is 21.2. The third-order valence-corrected chi connectivity index (χ3v) is 8.71. The van der Waals surface area contributed by atoms with E-state index in [0.717, 1.165) is 47.9 Å². The van der Waals surface area contributed by atoms with E-state index in [4.69, 9.17) is 28.9 Å². The number of anilines is 3. The van der Waals surface area contributed by atoms with Gasteiger partial charge in [0.05, 0.1) is 26.4 Å². The fourth-order valence-electron chi connectivity index (χ4n) is 3.91. The molecule has 0 radical (unpaired) electrons. The van der Waals surface area contributed by atoms with Gasteiger partial charge < -0.3 is 16.0 Å². The van der Waals surface area contributed by atoms with Gasteiger partial charge >= 0.3 is 0 Å². The van der Waals surface area contributed by atoms with E-state index in [1.54, 1.807) is 18.2 Å². The van der Waals surface area contributed by atoms with Gasteiger partial charge in [0, 0.05) is 22.9 Å². The number of carbonyl (C=O) groups is 1. The lowest BCUT2D eigenvalue weighted by atomic mass is 10.0. The number of rotatable bonds is 7. The maximum absolute atomic E-state index is 12.9. The van der Waals surface area contributed by atoms with Crippen molar-refractivity contribution in [1.29, 1.82) is 0 Å². The number of hydrogen-bond donors (Lipinski definition) is 2. The highest BCUT2D eigenvalue weighted by Gasteiger charge is 2.23. The Hall–Kier alpha value is -1.97. The van der Waals surface area contributed by atoms with Crippen molar-refractivity contribution >= 4 is 67.8 Å². The van der Waals surface area contributed by atoms with Crippen molar-refractivity contribution < 1.29 is 9.00 Å². The summed E-state index contributed by atoms with van der Waals surface area (Å²) in [4.78, 5) is 20.6. The van der Waals surface area contributed by atoms with Gasteiger partial charge in [-0.3, -0.25) is 9.00 Å². The molecule has 0 amide bonds. The maximum Gasteiger partial charge on any atom is 0.209 e. The molecule has 0 bridgehead atoms. The van der Waals surface area contributed by atoms with E-state index in [1.165, 1.54) is 0 Å². The van der Waals surface area contributed by atoms with E-state index in [9.17, 15) is 9.00 Å². The number of nitrogens with two attached hydrogens (primary N) is 1. The summed E-state index contributed by atoms with van der Waals surface area (Å²) in [5, 5.41) is 4.15. The van der Waals surface area contributed by atoms with Gasteiger partial charge in [-0.15, -0.1) is 0 Å². The summed E-state index contributed by atoms with van der Waals surface area (Å²) in [6.07, 6.45) is 2.28. The second-order valence-corrected chi connectivity index (χ2v) is 11.4. The molecule has 6 nitrogen and oxygen atoms in total. The molecular weight excluding hydrogens is 499 g/mol. The molecule has 1 saturated heterocycles. The molecule has 3 aromatic rings. The first-order valence-electron chi connectivity index (χ1n) is 10.5. The molecule has 2 unspecified atom stereocenters. The van der Waals surface area contributed by atoms with Gasteiger partial charge in [-0.1, -0.05) is 40.6 Å². The second-order valence-electron chi connectivity index (χ2n) is 8.09. The Labute approximate surface area is 209 Å². The van der Waals surface area contributed by atoms with Crippen LogP contribution in [0, 0.1) is 5.92 Å². The van der Waals surface area contributed by atoms with Gasteiger partial charge in [-0.25, -0.2) is 4.98 Å². The Balaban J connectivity index is 1.43. The van der Waals surface area contributed by atoms with Crippen molar-refractivity contribution in [2.45, 2.75) is 17.7 Å². The Bertz CT molecular complexity index is 1160. The van der Waals surface area contributed by atoms with Crippen molar-refractivity contribution in [2.75, 3.05) is 36.9 Å². The minimum atomic E-state index is -1.04. The number of benzene rings is 2. The van der Waals surface area contributed by atoms with E-state index in [-0.39, 0.29) is 32.1 Å². The highest BCUT2D eigenvalue weighted by atomic mass is 35.5. The number of carbonyl (C=O) groups excluding carboxylic acids is 1. The van der Waals surface area contributed by atoms with Gasteiger partial charge in [0.2, 0.25) is 5.78 Å². The van der Waals surface area contributed by atoms with Crippen LogP contribution in [0.1, 0.15) is 28.1 Å². The van der Waals surface area contributed by atoms with E-state index >= 15 is 0 Å². The number of thiazole rings is 1. The highest BCUT2D eigenvalue weighted by molar-refractivity contribution is 7.85. The molecule has 4 rings (SSSR count). The van der Waals surface area contributed by atoms with Crippen LogP contribution >= 0.6 is 34.5 Å². The van der Waals surface area contributed by atoms with Crippen molar-refractivity contribution in [3.8, 4) is 0 Å². The van der Waals surface area contributed by atoms with Gasteiger partial charge in [0.1, 0.15) is 10.7 Å². The zero-order valence-electron chi connectivity index (χ0n) is 18.0. The number of aromatic nitrogens is 1. The second kappa shape index (κ2) is 10.5. The summed E-state index contributed by atoms with van der Waals surface area (Å²) < 4.78 is 12.8. The molecule has 3 N–H and O–H groups in total. The number of hydrogen-bond acceptors (Lipinski definition) is 7. The Kier molecular flexibility index (Phi) is 7.71. The maximum atomic E-state index is 12.9. The van der Waals surface area contributed by atoms with Crippen LogP contribution < -0.4 is 11.1 Å². The highest BCUT2D eigenvalue weighted by Crippen LogP contribution is 2.34. The van der Waals surface area contributed by atoms with Crippen LogP contribution in [0.5, 0.6) is 0 Å². The molecule has 2 atom stereocenters. The average molecular weight is 524 g/mol. The molecule has 0 saturated carbocycles. The summed E-state index contributed by atoms with van der Waals surface area (Å²) in [5.74, 6) is 0.880. The number of halogens is 2. The van der Waals surface area contributed by atoms with Crippen LogP contribution in [-0.2, 0) is 10.8 Å². The Morgan fingerprint density at radius 2 is 1.94 bits per heavy atom. The normalized spacial score (nSPS) is 17.6. The standard InChI is InChI=1S/C23H24Cl2N4O2S2/c1-29-11-3-4-14(12-29)13-33(31)16-9-7-15(8-10-16)27-23-28-22(26)21(32-23)20(30)19-17(24)5-2-6-18(19)25/h2,5-10,14H,3-4,11-13,26H2,1H3,(H,27,28). The van der Waals surface area contributed by atoms with Crippen LogP contribution in [0.25, 0.3) is 0 Å². The summed E-state index contributed by atoms with van der Waals surface area (Å²) in [7, 11) is 1.07. The van der Waals surface area contributed by atoms with Crippen LogP contribution in [-0.4, -0.2) is 45.8 Å². The number of ketones is 1. The van der Waals surface area contributed by atoms with Gasteiger partial charge in [-0.05, 0) is 68.8 Å². The molecule has 1 aromatic heterocycles. The third-order valence-electron chi connectivity index (χ3n) is 5.53. The van der Waals surface area contributed by atoms with Crippen LogP contribution in [0.4, 0.5) is 16.6 Å². The molecule has 1 aliphatic rings. The largest absolute Gasteiger partial charge is 0.382 e. The first-order valence-corrected chi connectivity index (χ1v) is 13.4. The van der Waals surface area contributed by atoms with E-state index in [0.29, 0.717) is 16.8 Å². The number of piperidine rings is 1. The molecule has 10 heteroatoms. The minimum Gasteiger partial charge on any atom is -0.382 e. The smallest absolute Gasteiger partial charge is 0.209 e. The molecule has 0 spiro atoms. The van der Waals surface area contributed by atoms with Crippen molar-refractivity contribution in [3.05, 3.63) is 63.0 Å². The van der Waals surface area contributed by atoms with Crippen molar-refractivity contribution in [3.63, 3.8) is 0 Å². The summed E-state index contributed by atoms with van der Waals surface area (Å²) in [6, 6.07) is 12.3. The Morgan fingerprint density at radius 3 is 2.61 bits per heavy atom. The summed E-state index contributed by atoms with van der Waals surface area (Å²) >= 11 is 13.5. The Morgan fingerprint density at radius 1 is 1.24 bits per heavy atom. The topological polar surface area (TPSA) is 88.3 Å². The average Bonchev–Trinajstić information content (AvgIpc) is 3.14. The fraction of sp³-hybridized carbons (Fsp3) is 0.304. The number of likely N-dealkylation sites (tertiary alicyclic amines) is 1. The molecule has 174 valence electrons. The quantitative estimate of drug-likeness (QED) is 0.400. The minimum absolute atomic E-state index is 0.110. The van der Waals surface area contributed by atoms with Crippen molar-refractivity contribution in [2.24, 2.45) is 5.92 Å². The molecular formula is C23H24Cl2N4O2S2. The van der Waals surface area contributed by atoms with Crippen LogP contribution in [0.3, 0.4) is 0 Å². The molecule has 2 aromatic carbocycles. The fourth-order valence-corrected chi connectivity index (χ4v) is 6.66. The molecule has 1 fully saturated rings. The predicted molar refractivity (Wildman–Crippen MR) is 138 cm³/mol. The van der Waals surface area contributed by atoms with Gasteiger partial charge in [0.25, 0.3) is 0 Å². The van der Waals surface area contributed by atoms with E-state index in [2.05, 4.69) is 22.2 Å². The number of nitrogens with one attached hydrogen (secondary N) is 1. The van der Waals surface area contributed by atoms with Gasteiger partial charge in [-0.2, -0.15) is 0 Å². The predicted octanol–water partition coefficient (Wildman–Crippen LogP) is 5.46. The molecule has 0 aliphatic carbocycles. The SMILES string of the molecule is CN1CCCC(CS(=O)c2ccc(Nc3nc(N)c(C(=O)c4c(Cl)cccc4Cl)s3)cc2)C1. The number of nitrogen functional groups attached to an aromatic ring is 1. The third kappa shape index (κ3) is 5.75. The first kappa shape index (κ1) is 24.2. The van der Waals surface area contributed by atoms with Crippen LogP contribution in [0.2, 0.25) is 10.0 Å². The van der Waals surface area contributed by atoms with E-state index < -0.39 is 10.8 Å². The monoisotopic (exact) mass is 522 g/mol. The first-order chi connectivity index (χ1) is 15.8. The summed E-state index contributed by atoms with van der Waals surface area (Å²) in [5.41, 5.74) is 6.97. The lowest BCUT2D eigenvalue weighted by Crippen LogP contribution is -2.34. The molecule has 1 aliphatic heterocycles. The van der Waals surface area contributed by atoms with Crippen molar-refractivity contribution in [1.82, 2.24) is 9.88 Å². The van der Waals surface area contributed by atoms with E-state index in [1.807, 2.05) is 24.3 Å². The van der Waals surface area contributed by atoms with Gasteiger partial charge in [0.15, 0.2) is 5.13 Å². The molecule has 2 heterocycles. The molecule has 33 heavy (non-hydrogen) atoms. The lowest BCUT2D eigenvalue weighted by molar-refractivity contribution is 0.104. The number of nitrogens with zero attached hydrogens (tertiary/aromatic N) is 2. The van der Waals surface area contributed by atoms with Crippen LogP contribution in [0.15, 0.2) is 47.4 Å². The lowest BCUT2D eigenvalue weighted by Gasteiger charge is -2.29. The summed E-state index contributed by atoms with van der Waals surface area (Å²) in [6.45, 7) is 2.11. The zero-order chi connectivity index (χ0) is 23.5.